The fraction of sp³-hybridized carbons (Fsp3) is 0.526. The van der Waals surface area contributed by atoms with Crippen LogP contribution in [0.15, 0.2) is 34.9 Å². The number of carbonyl (C=O) groups is 1. The zero-order chi connectivity index (χ0) is 17.1. The minimum Gasteiger partial charge on any atom is -0.374 e. The topological polar surface area (TPSA) is 68.5 Å². The van der Waals surface area contributed by atoms with Crippen LogP contribution < -0.4 is 0 Å². The van der Waals surface area contributed by atoms with Gasteiger partial charge < -0.3 is 14.2 Å². The SMILES string of the molecule is O=C(CCCc1nc(-c2ccccc2)no1)N1CCO[C@@H]2CCC[C@@H]21. The molecule has 0 N–H and O–H groups in total. The average molecular weight is 341 g/mol. The fourth-order valence-corrected chi connectivity index (χ4v) is 3.83. The van der Waals surface area contributed by atoms with E-state index in [4.69, 9.17) is 9.26 Å². The number of hydrogen-bond donors (Lipinski definition) is 0. The van der Waals surface area contributed by atoms with Crippen molar-refractivity contribution in [1.29, 1.82) is 0 Å². The Morgan fingerprint density at radius 1 is 1.24 bits per heavy atom. The van der Waals surface area contributed by atoms with Gasteiger partial charge in [0.05, 0.1) is 18.8 Å². The van der Waals surface area contributed by atoms with Gasteiger partial charge in [-0.05, 0) is 25.7 Å². The van der Waals surface area contributed by atoms with E-state index < -0.39 is 0 Å². The highest BCUT2D eigenvalue weighted by Crippen LogP contribution is 2.30. The van der Waals surface area contributed by atoms with Crippen molar-refractivity contribution in [2.75, 3.05) is 13.2 Å². The molecule has 2 aromatic rings. The van der Waals surface area contributed by atoms with E-state index in [0.717, 1.165) is 37.8 Å². The number of aryl methyl sites for hydroxylation is 1. The molecule has 2 heterocycles. The van der Waals surface area contributed by atoms with Crippen LogP contribution in [0.1, 0.15) is 38.0 Å². The van der Waals surface area contributed by atoms with Crippen LogP contribution in [-0.2, 0) is 16.0 Å². The largest absolute Gasteiger partial charge is 0.374 e. The molecule has 1 aromatic heterocycles. The Hall–Kier alpha value is -2.21. The van der Waals surface area contributed by atoms with E-state index in [1.165, 1.54) is 0 Å². The molecule has 2 aliphatic rings. The maximum Gasteiger partial charge on any atom is 0.226 e. The Kier molecular flexibility index (Phi) is 4.78. The number of fused-ring (bicyclic) bond motifs is 1. The number of morpholine rings is 1. The first kappa shape index (κ1) is 16.3. The second-order valence-electron chi connectivity index (χ2n) is 6.73. The van der Waals surface area contributed by atoms with Gasteiger partial charge in [0.15, 0.2) is 0 Å². The standard InChI is InChI=1S/C19H23N3O3/c23-18(22-12-13-24-16-9-4-8-15(16)22)11-5-10-17-20-19(21-25-17)14-6-2-1-3-7-14/h1-3,6-7,15-16H,4-5,8-13H2/t15-,16+/m0/s1. The Labute approximate surface area is 147 Å². The molecule has 25 heavy (non-hydrogen) atoms. The van der Waals surface area contributed by atoms with Crippen LogP contribution in [0, 0.1) is 0 Å². The van der Waals surface area contributed by atoms with Crippen molar-refractivity contribution in [3.05, 3.63) is 36.2 Å². The number of ether oxygens (including phenoxy) is 1. The van der Waals surface area contributed by atoms with Crippen LogP contribution in [0.25, 0.3) is 11.4 Å². The lowest BCUT2D eigenvalue weighted by Crippen LogP contribution is -2.51. The third kappa shape index (κ3) is 3.58. The third-order valence-electron chi connectivity index (χ3n) is 5.08. The molecular weight excluding hydrogens is 318 g/mol. The first-order valence-corrected chi connectivity index (χ1v) is 9.10. The Morgan fingerprint density at radius 3 is 3.00 bits per heavy atom. The summed E-state index contributed by atoms with van der Waals surface area (Å²) in [4.78, 5) is 19.0. The molecule has 1 amide bonds. The van der Waals surface area contributed by atoms with E-state index in [1.807, 2.05) is 35.2 Å². The molecule has 6 heteroatoms. The molecule has 1 aromatic carbocycles. The number of rotatable bonds is 5. The number of aromatic nitrogens is 2. The van der Waals surface area contributed by atoms with Gasteiger partial charge in [-0.25, -0.2) is 0 Å². The van der Waals surface area contributed by atoms with Gasteiger partial charge in [-0.3, -0.25) is 4.79 Å². The van der Waals surface area contributed by atoms with Crippen LogP contribution in [0.4, 0.5) is 0 Å². The minimum absolute atomic E-state index is 0.225. The molecule has 2 fully saturated rings. The lowest BCUT2D eigenvalue weighted by molar-refractivity contribution is -0.144. The number of amides is 1. The Morgan fingerprint density at radius 2 is 2.12 bits per heavy atom. The van der Waals surface area contributed by atoms with Crippen LogP contribution in [0.3, 0.4) is 0 Å². The highest BCUT2D eigenvalue weighted by atomic mass is 16.5. The first-order chi connectivity index (χ1) is 12.3. The molecule has 1 aliphatic carbocycles. The lowest BCUT2D eigenvalue weighted by atomic mass is 10.1. The van der Waals surface area contributed by atoms with Gasteiger partial charge in [0.2, 0.25) is 17.6 Å². The summed E-state index contributed by atoms with van der Waals surface area (Å²) in [6.07, 6.45) is 5.44. The normalized spacial score (nSPS) is 22.8. The summed E-state index contributed by atoms with van der Waals surface area (Å²) in [5.74, 6) is 1.42. The molecule has 0 spiro atoms. The summed E-state index contributed by atoms with van der Waals surface area (Å²) in [5, 5.41) is 4.02. The molecular formula is C19H23N3O3. The van der Waals surface area contributed by atoms with Gasteiger partial charge in [0.25, 0.3) is 0 Å². The van der Waals surface area contributed by atoms with Gasteiger partial charge in [-0.15, -0.1) is 0 Å². The van der Waals surface area contributed by atoms with Gasteiger partial charge >= 0.3 is 0 Å². The minimum atomic E-state index is 0.225. The molecule has 0 radical (unpaired) electrons. The van der Waals surface area contributed by atoms with E-state index in [2.05, 4.69) is 10.1 Å². The molecule has 0 unspecified atom stereocenters. The molecule has 6 nitrogen and oxygen atoms in total. The molecule has 2 atom stereocenters. The van der Waals surface area contributed by atoms with E-state index in [9.17, 15) is 4.79 Å². The molecule has 1 saturated heterocycles. The summed E-state index contributed by atoms with van der Waals surface area (Å²) in [6, 6.07) is 10.0. The monoisotopic (exact) mass is 341 g/mol. The number of carbonyl (C=O) groups excluding carboxylic acids is 1. The van der Waals surface area contributed by atoms with Gasteiger partial charge in [0, 0.05) is 24.9 Å². The van der Waals surface area contributed by atoms with Crippen LogP contribution in [0.2, 0.25) is 0 Å². The maximum absolute atomic E-state index is 12.6. The summed E-state index contributed by atoms with van der Waals surface area (Å²) in [5.41, 5.74) is 0.939. The average Bonchev–Trinajstić information content (AvgIpc) is 3.31. The van der Waals surface area contributed by atoms with Crippen molar-refractivity contribution in [3.8, 4) is 11.4 Å². The van der Waals surface area contributed by atoms with Crippen molar-refractivity contribution in [3.63, 3.8) is 0 Å². The highest BCUT2D eigenvalue weighted by molar-refractivity contribution is 5.76. The highest BCUT2D eigenvalue weighted by Gasteiger charge is 2.37. The fourth-order valence-electron chi connectivity index (χ4n) is 3.83. The number of hydrogen-bond acceptors (Lipinski definition) is 5. The van der Waals surface area contributed by atoms with E-state index in [-0.39, 0.29) is 18.1 Å². The van der Waals surface area contributed by atoms with Crippen molar-refractivity contribution in [1.82, 2.24) is 15.0 Å². The zero-order valence-corrected chi connectivity index (χ0v) is 14.3. The van der Waals surface area contributed by atoms with Crippen molar-refractivity contribution >= 4 is 5.91 Å². The third-order valence-corrected chi connectivity index (χ3v) is 5.08. The zero-order valence-electron chi connectivity index (χ0n) is 14.3. The lowest BCUT2D eigenvalue weighted by Gasteiger charge is -2.37. The maximum atomic E-state index is 12.6. The predicted octanol–water partition coefficient (Wildman–Crippen LogP) is 2.84. The molecule has 0 bridgehead atoms. The molecule has 4 rings (SSSR count). The van der Waals surface area contributed by atoms with E-state index >= 15 is 0 Å². The molecule has 1 saturated carbocycles. The van der Waals surface area contributed by atoms with Gasteiger partial charge in [-0.2, -0.15) is 4.98 Å². The van der Waals surface area contributed by atoms with Crippen molar-refractivity contribution in [2.45, 2.75) is 50.7 Å². The van der Waals surface area contributed by atoms with Crippen molar-refractivity contribution < 1.29 is 14.1 Å². The molecule has 132 valence electrons. The number of nitrogens with zero attached hydrogens (tertiary/aromatic N) is 3. The quantitative estimate of drug-likeness (QED) is 0.836. The number of benzene rings is 1. The van der Waals surface area contributed by atoms with Crippen LogP contribution in [0.5, 0.6) is 0 Å². The van der Waals surface area contributed by atoms with Gasteiger partial charge in [-0.1, -0.05) is 35.5 Å². The Balaban J connectivity index is 1.29. The summed E-state index contributed by atoms with van der Waals surface area (Å²) in [7, 11) is 0. The smallest absolute Gasteiger partial charge is 0.226 e. The predicted molar refractivity (Wildman–Crippen MR) is 91.8 cm³/mol. The van der Waals surface area contributed by atoms with Crippen molar-refractivity contribution in [2.24, 2.45) is 0 Å². The summed E-state index contributed by atoms with van der Waals surface area (Å²) < 4.78 is 11.1. The second-order valence-corrected chi connectivity index (χ2v) is 6.73. The van der Waals surface area contributed by atoms with Crippen LogP contribution in [-0.4, -0.2) is 46.2 Å². The second kappa shape index (κ2) is 7.35. The first-order valence-electron chi connectivity index (χ1n) is 9.10. The van der Waals surface area contributed by atoms with E-state index in [0.29, 0.717) is 31.2 Å². The summed E-state index contributed by atoms with van der Waals surface area (Å²) in [6.45, 7) is 1.38. The van der Waals surface area contributed by atoms with Crippen LogP contribution >= 0.6 is 0 Å². The molecule has 1 aliphatic heterocycles. The van der Waals surface area contributed by atoms with E-state index in [1.54, 1.807) is 0 Å². The summed E-state index contributed by atoms with van der Waals surface area (Å²) >= 11 is 0. The van der Waals surface area contributed by atoms with Gasteiger partial charge in [0.1, 0.15) is 0 Å². The Bertz CT molecular complexity index is 716.